The molecule has 0 radical (unpaired) electrons. The van der Waals surface area contributed by atoms with Gasteiger partial charge in [0.2, 0.25) is 5.91 Å². The maximum atomic E-state index is 12.6. The smallest absolute Gasteiger partial charge is 0.262 e. The van der Waals surface area contributed by atoms with Crippen LogP contribution in [0.15, 0.2) is 45.8 Å². The fraction of sp³-hybridized carbons (Fsp3) is 0.188. The van der Waals surface area contributed by atoms with E-state index >= 15 is 0 Å². The summed E-state index contributed by atoms with van der Waals surface area (Å²) in [5.74, 6) is -0.181. The Bertz CT molecular complexity index is 846. The van der Waals surface area contributed by atoms with Gasteiger partial charge in [-0.2, -0.15) is 0 Å². The number of aryl methyl sites for hydroxylation is 2. The zero-order valence-corrected chi connectivity index (χ0v) is 15.4. The molecule has 2 rings (SSSR count). The molecule has 7 heteroatoms. The lowest BCUT2D eigenvalue weighted by atomic mass is 10.2. The summed E-state index contributed by atoms with van der Waals surface area (Å²) in [6.07, 6.45) is 0. The second kappa shape index (κ2) is 6.72. The van der Waals surface area contributed by atoms with E-state index in [1.54, 1.807) is 43.3 Å². The van der Waals surface area contributed by atoms with Gasteiger partial charge in [0.1, 0.15) is 0 Å². The monoisotopic (exact) mass is 396 g/mol. The van der Waals surface area contributed by atoms with Crippen LogP contribution in [-0.4, -0.2) is 14.3 Å². The van der Waals surface area contributed by atoms with Gasteiger partial charge < -0.3 is 5.32 Å². The van der Waals surface area contributed by atoms with E-state index in [4.69, 9.17) is 0 Å². The van der Waals surface area contributed by atoms with E-state index in [2.05, 4.69) is 26.0 Å². The summed E-state index contributed by atoms with van der Waals surface area (Å²) in [6.45, 7) is 5.00. The molecule has 2 aromatic carbocycles. The summed E-state index contributed by atoms with van der Waals surface area (Å²) >= 11 is 3.39. The zero-order chi connectivity index (χ0) is 17.2. The van der Waals surface area contributed by atoms with E-state index in [-0.39, 0.29) is 10.8 Å². The maximum absolute atomic E-state index is 12.6. The number of hydrogen-bond acceptors (Lipinski definition) is 3. The van der Waals surface area contributed by atoms with Crippen molar-refractivity contribution in [1.29, 1.82) is 0 Å². The van der Waals surface area contributed by atoms with Gasteiger partial charge in [0, 0.05) is 22.8 Å². The summed E-state index contributed by atoms with van der Waals surface area (Å²) in [5, 5.41) is 2.63. The first kappa shape index (κ1) is 17.5. The molecule has 5 nitrogen and oxygen atoms in total. The Morgan fingerprint density at radius 3 is 2.13 bits per heavy atom. The Morgan fingerprint density at radius 2 is 1.57 bits per heavy atom. The molecule has 1 amide bonds. The van der Waals surface area contributed by atoms with Crippen molar-refractivity contribution in [3.8, 4) is 0 Å². The van der Waals surface area contributed by atoms with Crippen molar-refractivity contribution >= 4 is 43.2 Å². The molecule has 0 fully saturated rings. The normalized spacial score (nSPS) is 11.1. The number of halogens is 1. The van der Waals surface area contributed by atoms with Gasteiger partial charge in [-0.1, -0.05) is 15.9 Å². The summed E-state index contributed by atoms with van der Waals surface area (Å²) in [6, 6.07) is 9.89. The van der Waals surface area contributed by atoms with Crippen LogP contribution < -0.4 is 10.0 Å². The molecule has 0 aliphatic heterocycles. The minimum Gasteiger partial charge on any atom is -0.326 e. The first-order valence-corrected chi connectivity index (χ1v) is 9.14. The van der Waals surface area contributed by atoms with E-state index in [1.165, 1.54) is 6.92 Å². The van der Waals surface area contributed by atoms with Crippen molar-refractivity contribution in [1.82, 2.24) is 0 Å². The third kappa shape index (κ3) is 4.33. The molecule has 0 saturated heterocycles. The number of hydrogen-bond donors (Lipinski definition) is 2. The van der Waals surface area contributed by atoms with E-state index < -0.39 is 10.0 Å². The Balaban J connectivity index is 2.28. The average molecular weight is 397 g/mol. The Hall–Kier alpha value is -1.86. The maximum Gasteiger partial charge on any atom is 0.262 e. The SMILES string of the molecule is CC(=O)Nc1ccc(NS(=O)(=O)c2cc(C)c(Br)cc2C)cc1. The lowest BCUT2D eigenvalue weighted by Gasteiger charge is -2.12. The van der Waals surface area contributed by atoms with E-state index in [0.29, 0.717) is 16.9 Å². The Morgan fingerprint density at radius 1 is 1.00 bits per heavy atom. The van der Waals surface area contributed by atoms with Gasteiger partial charge in [-0.05, 0) is 61.4 Å². The van der Waals surface area contributed by atoms with Crippen molar-refractivity contribution in [3.05, 3.63) is 52.0 Å². The van der Waals surface area contributed by atoms with Crippen molar-refractivity contribution in [3.63, 3.8) is 0 Å². The summed E-state index contributed by atoms with van der Waals surface area (Å²) in [5.41, 5.74) is 2.54. The topological polar surface area (TPSA) is 75.3 Å². The standard InChI is InChI=1S/C16H17BrN2O3S/c1-10-9-16(11(2)8-15(10)17)23(21,22)19-14-6-4-13(5-7-14)18-12(3)20/h4-9,19H,1-3H3,(H,18,20). The molecule has 0 aromatic heterocycles. The van der Waals surface area contributed by atoms with Gasteiger partial charge in [0.05, 0.1) is 4.90 Å². The highest BCUT2D eigenvalue weighted by Gasteiger charge is 2.18. The van der Waals surface area contributed by atoms with Gasteiger partial charge in [0.25, 0.3) is 10.0 Å². The summed E-state index contributed by atoms with van der Waals surface area (Å²) in [4.78, 5) is 11.2. The predicted molar refractivity (Wildman–Crippen MR) is 95.2 cm³/mol. The van der Waals surface area contributed by atoms with Crippen LogP contribution in [0.3, 0.4) is 0 Å². The van der Waals surface area contributed by atoms with Crippen LogP contribution in [0.25, 0.3) is 0 Å². The number of benzene rings is 2. The van der Waals surface area contributed by atoms with Crippen molar-refractivity contribution < 1.29 is 13.2 Å². The first-order valence-electron chi connectivity index (χ1n) is 6.86. The molecule has 0 aliphatic rings. The molecule has 0 bridgehead atoms. The second-order valence-electron chi connectivity index (χ2n) is 5.23. The Labute approximate surface area is 144 Å². The predicted octanol–water partition coefficient (Wildman–Crippen LogP) is 3.83. The highest BCUT2D eigenvalue weighted by atomic mass is 79.9. The Kier molecular flexibility index (Phi) is 5.11. The van der Waals surface area contributed by atoms with Gasteiger partial charge in [-0.3, -0.25) is 9.52 Å². The largest absolute Gasteiger partial charge is 0.326 e. The molecule has 2 N–H and O–H groups in total. The molecule has 23 heavy (non-hydrogen) atoms. The van der Waals surface area contributed by atoms with Crippen LogP contribution in [0, 0.1) is 13.8 Å². The van der Waals surface area contributed by atoms with E-state index in [9.17, 15) is 13.2 Å². The number of amides is 1. The van der Waals surface area contributed by atoms with E-state index in [1.807, 2.05) is 6.92 Å². The first-order chi connectivity index (χ1) is 10.7. The number of carbonyl (C=O) groups excluding carboxylic acids is 1. The highest BCUT2D eigenvalue weighted by Crippen LogP contribution is 2.26. The average Bonchev–Trinajstić information content (AvgIpc) is 2.44. The lowest BCUT2D eigenvalue weighted by Crippen LogP contribution is -2.14. The quantitative estimate of drug-likeness (QED) is 0.824. The fourth-order valence-corrected chi connectivity index (χ4v) is 3.91. The van der Waals surface area contributed by atoms with Crippen LogP contribution >= 0.6 is 15.9 Å². The third-order valence-corrected chi connectivity index (χ3v) is 5.58. The van der Waals surface area contributed by atoms with Crippen LogP contribution in [0.2, 0.25) is 0 Å². The van der Waals surface area contributed by atoms with Crippen LogP contribution in [0.4, 0.5) is 11.4 Å². The second-order valence-corrected chi connectivity index (χ2v) is 7.74. The van der Waals surface area contributed by atoms with Gasteiger partial charge >= 0.3 is 0 Å². The minimum absolute atomic E-state index is 0.181. The van der Waals surface area contributed by atoms with Gasteiger partial charge in [0.15, 0.2) is 0 Å². The van der Waals surface area contributed by atoms with Crippen LogP contribution in [-0.2, 0) is 14.8 Å². The molecule has 0 unspecified atom stereocenters. The molecule has 0 heterocycles. The summed E-state index contributed by atoms with van der Waals surface area (Å²) in [7, 11) is -3.68. The van der Waals surface area contributed by atoms with Gasteiger partial charge in [-0.15, -0.1) is 0 Å². The lowest BCUT2D eigenvalue weighted by molar-refractivity contribution is -0.114. The molecular formula is C16H17BrN2O3S. The van der Waals surface area contributed by atoms with Crippen LogP contribution in [0.5, 0.6) is 0 Å². The number of rotatable bonds is 4. The van der Waals surface area contributed by atoms with E-state index in [0.717, 1.165) is 10.0 Å². The molecule has 0 aliphatic carbocycles. The number of anilines is 2. The van der Waals surface area contributed by atoms with Crippen molar-refractivity contribution in [2.45, 2.75) is 25.7 Å². The van der Waals surface area contributed by atoms with Gasteiger partial charge in [-0.25, -0.2) is 8.42 Å². The molecule has 122 valence electrons. The zero-order valence-electron chi connectivity index (χ0n) is 13.0. The molecular weight excluding hydrogens is 380 g/mol. The minimum atomic E-state index is -3.68. The summed E-state index contributed by atoms with van der Waals surface area (Å²) < 4.78 is 28.5. The molecule has 0 atom stereocenters. The molecule has 0 saturated carbocycles. The number of sulfonamides is 1. The third-order valence-electron chi connectivity index (χ3n) is 3.20. The fourth-order valence-electron chi connectivity index (χ4n) is 2.08. The number of nitrogens with one attached hydrogen (secondary N) is 2. The van der Waals surface area contributed by atoms with Crippen molar-refractivity contribution in [2.24, 2.45) is 0 Å². The molecule has 0 spiro atoms. The van der Waals surface area contributed by atoms with Crippen molar-refractivity contribution in [2.75, 3.05) is 10.0 Å². The number of carbonyl (C=O) groups is 1. The molecule has 2 aromatic rings. The highest BCUT2D eigenvalue weighted by molar-refractivity contribution is 9.10. The van der Waals surface area contributed by atoms with Crippen LogP contribution in [0.1, 0.15) is 18.1 Å².